The summed E-state index contributed by atoms with van der Waals surface area (Å²) < 4.78 is 5.29. The zero-order valence-electron chi connectivity index (χ0n) is 7.12. The standard InChI is InChI=1S/C10H10O3/c11-6-7-1-2-10-8(5-7)9(12)3-4-13-10/h1-2,5,11H,3-4,6H2. The molecular formula is C10H10O3. The number of carbonyl (C=O) groups excluding carboxylic acids is 1. The minimum absolute atomic E-state index is 0.0411. The van der Waals surface area contributed by atoms with Gasteiger partial charge in [-0.15, -0.1) is 0 Å². The van der Waals surface area contributed by atoms with E-state index in [1.807, 2.05) is 0 Å². The van der Waals surface area contributed by atoms with Gasteiger partial charge >= 0.3 is 0 Å². The van der Waals surface area contributed by atoms with Crippen molar-refractivity contribution in [2.75, 3.05) is 6.61 Å². The SMILES string of the molecule is O=C1CCOc2ccc(CO)cc21. The zero-order chi connectivity index (χ0) is 9.26. The summed E-state index contributed by atoms with van der Waals surface area (Å²) in [4.78, 5) is 11.4. The van der Waals surface area contributed by atoms with Crippen molar-refractivity contribution in [2.24, 2.45) is 0 Å². The second-order valence-corrected chi connectivity index (χ2v) is 3.01. The Kier molecular flexibility index (Phi) is 2.02. The van der Waals surface area contributed by atoms with E-state index in [-0.39, 0.29) is 12.4 Å². The first-order valence-corrected chi connectivity index (χ1v) is 4.21. The molecule has 1 N–H and O–H groups in total. The molecule has 1 aromatic carbocycles. The van der Waals surface area contributed by atoms with E-state index in [1.54, 1.807) is 18.2 Å². The average molecular weight is 178 g/mol. The predicted molar refractivity (Wildman–Crippen MR) is 46.8 cm³/mol. The minimum Gasteiger partial charge on any atom is -0.492 e. The molecule has 0 bridgehead atoms. The van der Waals surface area contributed by atoms with Crippen molar-refractivity contribution in [3.8, 4) is 5.75 Å². The Hall–Kier alpha value is -1.35. The highest BCUT2D eigenvalue weighted by Crippen LogP contribution is 2.25. The van der Waals surface area contributed by atoms with Crippen LogP contribution >= 0.6 is 0 Å². The van der Waals surface area contributed by atoms with E-state index in [0.717, 1.165) is 5.56 Å². The summed E-state index contributed by atoms with van der Waals surface area (Å²) in [6.45, 7) is 0.421. The van der Waals surface area contributed by atoms with Gasteiger partial charge in [0.1, 0.15) is 5.75 Å². The van der Waals surface area contributed by atoms with Crippen molar-refractivity contribution in [1.29, 1.82) is 0 Å². The number of carbonyl (C=O) groups is 1. The largest absolute Gasteiger partial charge is 0.492 e. The third kappa shape index (κ3) is 1.42. The van der Waals surface area contributed by atoms with E-state index in [1.165, 1.54) is 0 Å². The molecule has 0 unspecified atom stereocenters. The van der Waals surface area contributed by atoms with E-state index in [4.69, 9.17) is 9.84 Å². The maximum Gasteiger partial charge on any atom is 0.170 e. The van der Waals surface area contributed by atoms with Crippen LogP contribution in [0.25, 0.3) is 0 Å². The van der Waals surface area contributed by atoms with Crippen molar-refractivity contribution in [3.05, 3.63) is 29.3 Å². The van der Waals surface area contributed by atoms with Crippen LogP contribution in [0.15, 0.2) is 18.2 Å². The molecule has 0 radical (unpaired) electrons. The number of ether oxygens (including phenoxy) is 1. The number of benzene rings is 1. The second kappa shape index (κ2) is 3.18. The molecule has 1 heterocycles. The summed E-state index contributed by atoms with van der Waals surface area (Å²) in [7, 11) is 0. The number of Topliss-reactive ketones (excluding diaryl/α,β-unsaturated/α-hetero) is 1. The van der Waals surface area contributed by atoms with Gasteiger partial charge in [-0.05, 0) is 17.7 Å². The van der Waals surface area contributed by atoms with Crippen LogP contribution in [-0.4, -0.2) is 17.5 Å². The lowest BCUT2D eigenvalue weighted by Gasteiger charge is -2.16. The topological polar surface area (TPSA) is 46.5 Å². The fraction of sp³-hybridized carbons (Fsp3) is 0.300. The van der Waals surface area contributed by atoms with Crippen LogP contribution in [-0.2, 0) is 6.61 Å². The molecular weight excluding hydrogens is 168 g/mol. The molecule has 0 aromatic heterocycles. The molecule has 3 nitrogen and oxygen atoms in total. The number of aliphatic hydroxyl groups is 1. The fourth-order valence-corrected chi connectivity index (χ4v) is 1.41. The summed E-state index contributed by atoms with van der Waals surface area (Å²) >= 11 is 0. The first-order valence-electron chi connectivity index (χ1n) is 4.21. The molecule has 0 saturated heterocycles. The molecule has 0 fully saturated rings. The van der Waals surface area contributed by atoms with Gasteiger partial charge in [0.15, 0.2) is 5.78 Å². The summed E-state index contributed by atoms with van der Waals surface area (Å²) in [5.41, 5.74) is 1.34. The molecule has 0 amide bonds. The Morgan fingerprint density at radius 2 is 2.31 bits per heavy atom. The molecule has 2 rings (SSSR count). The highest BCUT2D eigenvalue weighted by Gasteiger charge is 2.18. The summed E-state index contributed by atoms with van der Waals surface area (Å²) in [6, 6.07) is 5.19. The Bertz CT molecular complexity index is 344. The molecule has 0 aliphatic carbocycles. The smallest absolute Gasteiger partial charge is 0.170 e. The van der Waals surface area contributed by atoms with Gasteiger partial charge in [0, 0.05) is 6.42 Å². The van der Waals surface area contributed by atoms with Gasteiger partial charge in [0.2, 0.25) is 0 Å². The van der Waals surface area contributed by atoms with Crippen LogP contribution in [0.5, 0.6) is 5.75 Å². The highest BCUT2D eigenvalue weighted by molar-refractivity contribution is 5.99. The second-order valence-electron chi connectivity index (χ2n) is 3.01. The van der Waals surface area contributed by atoms with Crippen molar-refractivity contribution in [1.82, 2.24) is 0 Å². The molecule has 1 aliphatic heterocycles. The number of fused-ring (bicyclic) bond motifs is 1. The van der Waals surface area contributed by atoms with Crippen molar-refractivity contribution in [3.63, 3.8) is 0 Å². The Morgan fingerprint density at radius 1 is 1.46 bits per heavy atom. The summed E-state index contributed by atoms with van der Waals surface area (Å²) in [5, 5.41) is 8.87. The maximum atomic E-state index is 11.4. The van der Waals surface area contributed by atoms with Gasteiger partial charge in [-0.25, -0.2) is 0 Å². The number of rotatable bonds is 1. The lowest BCUT2D eigenvalue weighted by atomic mass is 10.0. The lowest BCUT2D eigenvalue weighted by molar-refractivity contribution is 0.0933. The third-order valence-electron chi connectivity index (χ3n) is 2.11. The van der Waals surface area contributed by atoms with Crippen LogP contribution in [0.1, 0.15) is 22.3 Å². The number of hydrogen-bond acceptors (Lipinski definition) is 3. The van der Waals surface area contributed by atoms with Gasteiger partial charge in [0.25, 0.3) is 0 Å². The molecule has 68 valence electrons. The first-order chi connectivity index (χ1) is 6.31. The normalized spacial score (nSPS) is 15.0. The molecule has 0 atom stereocenters. The van der Waals surface area contributed by atoms with Crippen LogP contribution < -0.4 is 4.74 Å². The van der Waals surface area contributed by atoms with E-state index in [9.17, 15) is 4.79 Å². The van der Waals surface area contributed by atoms with E-state index >= 15 is 0 Å². The number of ketones is 1. The van der Waals surface area contributed by atoms with Gasteiger partial charge in [-0.3, -0.25) is 4.79 Å². The lowest BCUT2D eigenvalue weighted by Crippen LogP contribution is -2.15. The third-order valence-corrected chi connectivity index (χ3v) is 2.11. The molecule has 1 aromatic rings. The first kappa shape index (κ1) is 8.26. The number of aliphatic hydroxyl groups excluding tert-OH is 1. The van der Waals surface area contributed by atoms with E-state index in [0.29, 0.717) is 24.3 Å². The van der Waals surface area contributed by atoms with Crippen molar-refractivity contribution >= 4 is 5.78 Å². The van der Waals surface area contributed by atoms with Gasteiger partial charge in [-0.1, -0.05) is 6.07 Å². The minimum atomic E-state index is -0.0411. The quantitative estimate of drug-likeness (QED) is 0.701. The van der Waals surface area contributed by atoms with Gasteiger partial charge < -0.3 is 9.84 Å². The van der Waals surface area contributed by atoms with Crippen molar-refractivity contribution in [2.45, 2.75) is 13.0 Å². The van der Waals surface area contributed by atoms with E-state index < -0.39 is 0 Å². The molecule has 3 heteroatoms. The molecule has 13 heavy (non-hydrogen) atoms. The fourth-order valence-electron chi connectivity index (χ4n) is 1.41. The molecule has 1 aliphatic rings. The highest BCUT2D eigenvalue weighted by atomic mass is 16.5. The van der Waals surface area contributed by atoms with Crippen molar-refractivity contribution < 1.29 is 14.6 Å². The summed E-state index contributed by atoms with van der Waals surface area (Å²) in [6.07, 6.45) is 0.432. The van der Waals surface area contributed by atoms with Crippen LogP contribution in [0, 0.1) is 0 Å². The van der Waals surface area contributed by atoms with Crippen LogP contribution in [0.2, 0.25) is 0 Å². The predicted octanol–water partition coefficient (Wildman–Crippen LogP) is 1.14. The van der Waals surface area contributed by atoms with Crippen LogP contribution in [0.4, 0.5) is 0 Å². The summed E-state index contributed by atoms with van der Waals surface area (Å²) in [5.74, 6) is 0.727. The Balaban J connectivity index is 2.47. The van der Waals surface area contributed by atoms with E-state index in [2.05, 4.69) is 0 Å². The average Bonchev–Trinajstić information content (AvgIpc) is 2.18. The van der Waals surface area contributed by atoms with Gasteiger partial charge in [0.05, 0.1) is 18.8 Å². The molecule has 0 spiro atoms. The van der Waals surface area contributed by atoms with Gasteiger partial charge in [-0.2, -0.15) is 0 Å². The monoisotopic (exact) mass is 178 g/mol. The van der Waals surface area contributed by atoms with Crippen LogP contribution in [0.3, 0.4) is 0 Å². The molecule has 0 saturated carbocycles. The number of hydrogen-bond donors (Lipinski definition) is 1. The maximum absolute atomic E-state index is 11.4. The zero-order valence-corrected chi connectivity index (χ0v) is 7.12. The Morgan fingerprint density at radius 3 is 3.08 bits per heavy atom. The Labute approximate surface area is 76.0 Å².